The molecule has 1 N–H and O–H groups in total. The Morgan fingerprint density at radius 2 is 2.69 bits per heavy atom. The number of ether oxygens (including phenoxy) is 1. The van der Waals surface area contributed by atoms with E-state index in [0.29, 0.717) is 10.2 Å². The third-order valence-corrected chi connectivity index (χ3v) is 2.11. The molecule has 0 aromatic carbocycles. The summed E-state index contributed by atoms with van der Waals surface area (Å²) in [7, 11) is 1.26. The highest BCUT2D eigenvalue weighted by atomic mass is 35.5. The fourth-order valence-electron chi connectivity index (χ4n) is 0.512. The second-order valence-electron chi connectivity index (χ2n) is 1.87. The molecular formula is C6H6ClN3O2S. The molecule has 0 saturated heterocycles. The molecule has 1 rings (SSSR count). The van der Waals surface area contributed by atoms with Gasteiger partial charge in [-0.3, -0.25) is 0 Å². The number of methoxy groups -OCH3 is 1. The zero-order chi connectivity index (χ0) is 9.68. The quantitative estimate of drug-likeness (QED) is 0.606. The average molecular weight is 220 g/mol. The van der Waals surface area contributed by atoms with Crippen molar-refractivity contribution in [3.63, 3.8) is 0 Å². The maximum absolute atomic E-state index is 10.5. The van der Waals surface area contributed by atoms with Crippen LogP contribution in [-0.4, -0.2) is 24.4 Å². The Labute approximate surface area is 83.4 Å². The van der Waals surface area contributed by atoms with Gasteiger partial charge in [-0.2, -0.15) is 5.10 Å². The van der Waals surface area contributed by atoms with E-state index in [4.69, 9.17) is 11.6 Å². The van der Waals surface area contributed by atoms with Gasteiger partial charge in [-0.05, 0) is 0 Å². The molecule has 0 aliphatic carbocycles. The van der Waals surface area contributed by atoms with Crippen LogP contribution < -0.4 is 5.43 Å². The smallest absolute Gasteiger partial charge is 0.427 e. The van der Waals surface area contributed by atoms with Crippen molar-refractivity contribution in [3.05, 3.63) is 15.5 Å². The number of carbonyl (C=O) groups is 1. The molecule has 0 unspecified atom stereocenters. The molecule has 1 aromatic heterocycles. The Morgan fingerprint density at radius 3 is 3.23 bits per heavy atom. The summed E-state index contributed by atoms with van der Waals surface area (Å²) in [6.07, 6.45) is 0.756. The van der Waals surface area contributed by atoms with Gasteiger partial charge >= 0.3 is 6.09 Å². The third-order valence-electron chi connectivity index (χ3n) is 1.01. The van der Waals surface area contributed by atoms with Crippen LogP contribution in [0.4, 0.5) is 4.79 Å². The second kappa shape index (κ2) is 4.78. The highest BCUT2D eigenvalue weighted by Gasteiger charge is 1.96. The Morgan fingerprint density at radius 1 is 1.92 bits per heavy atom. The molecular weight excluding hydrogens is 214 g/mol. The van der Waals surface area contributed by atoms with Gasteiger partial charge in [0, 0.05) is 5.38 Å². The average Bonchev–Trinajstić information content (AvgIpc) is 2.51. The van der Waals surface area contributed by atoms with Crippen LogP contribution >= 0.6 is 22.9 Å². The standard InChI is InChI=1S/C6H6ClN3O2S/c1-12-6(11)10-8-2-5-9-4(7)3-13-5/h2-3H,1H3,(H,10,11)/b8-2+. The summed E-state index contributed by atoms with van der Waals surface area (Å²) < 4.78 is 4.29. The number of amides is 1. The van der Waals surface area contributed by atoms with Crippen molar-refractivity contribution in [2.24, 2.45) is 5.10 Å². The minimum absolute atomic E-state index is 0.407. The van der Waals surface area contributed by atoms with E-state index in [2.05, 4.69) is 20.2 Å². The zero-order valence-electron chi connectivity index (χ0n) is 6.65. The largest absolute Gasteiger partial charge is 0.452 e. The lowest BCUT2D eigenvalue weighted by molar-refractivity contribution is 0.171. The first-order valence-electron chi connectivity index (χ1n) is 3.20. The first kappa shape index (κ1) is 9.94. The number of hydrogen-bond acceptors (Lipinski definition) is 5. The lowest BCUT2D eigenvalue weighted by Gasteiger charge is -1.93. The molecule has 0 aliphatic heterocycles. The van der Waals surface area contributed by atoms with E-state index in [1.54, 1.807) is 5.38 Å². The van der Waals surface area contributed by atoms with Crippen molar-refractivity contribution < 1.29 is 9.53 Å². The van der Waals surface area contributed by atoms with Crippen LogP contribution in [0, 0.1) is 0 Å². The monoisotopic (exact) mass is 219 g/mol. The van der Waals surface area contributed by atoms with Crippen molar-refractivity contribution in [2.45, 2.75) is 0 Å². The van der Waals surface area contributed by atoms with Gasteiger partial charge < -0.3 is 4.74 Å². The molecule has 1 aromatic rings. The van der Waals surface area contributed by atoms with E-state index in [1.807, 2.05) is 0 Å². The second-order valence-corrected chi connectivity index (χ2v) is 3.15. The molecule has 0 radical (unpaired) electrons. The Balaban J connectivity index is 2.45. The maximum atomic E-state index is 10.5. The summed E-state index contributed by atoms with van der Waals surface area (Å²) in [4.78, 5) is 14.4. The minimum atomic E-state index is -0.626. The fourth-order valence-corrected chi connectivity index (χ4v) is 1.32. The molecule has 7 heteroatoms. The maximum Gasteiger partial charge on any atom is 0.427 e. The van der Waals surface area contributed by atoms with Gasteiger partial charge in [-0.1, -0.05) is 11.6 Å². The summed E-state index contributed by atoms with van der Waals surface area (Å²) >= 11 is 6.88. The number of halogens is 1. The lowest BCUT2D eigenvalue weighted by atomic mass is 10.8. The fraction of sp³-hybridized carbons (Fsp3) is 0.167. The van der Waals surface area contributed by atoms with Crippen LogP contribution in [0.3, 0.4) is 0 Å². The van der Waals surface area contributed by atoms with Crippen molar-refractivity contribution in [2.75, 3.05) is 7.11 Å². The van der Waals surface area contributed by atoms with E-state index in [1.165, 1.54) is 24.7 Å². The van der Waals surface area contributed by atoms with E-state index in [0.717, 1.165) is 0 Å². The Kier molecular flexibility index (Phi) is 3.66. The summed E-state index contributed by atoms with van der Waals surface area (Å²) in [5.74, 6) is 0. The van der Waals surface area contributed by atoms with Gasteiger partial charge in [0.25, 0.3) is 0 Å². The molecule has 5 nitrogen and oxygen atoms in total. The van der Waals surface area contributed by atoms with Crippen LogP contribution in [0.2, 0.25) is 5.15 Å². The van der Waals surface area contributed by atoms with Gasteiger partial charge in [0.1, 0.15) is 10.2 Å². The summed E-state index contributed by atoms with van der Waals surface area (Å²) in [6.45, 7) is 0. The summed E-state index contributed by atoms with van der Waals surface area (Å²) in [6, 6.07) is 0. The van der Waals surface area contributed by atoms with Gasteiger partial charge in [0.15, 0.2) is 0 Å². The SMILES string of the molecule is COC(=O)N/N=C/c1nc(Cl)cs1. The van der Waals surface area contributed by atoms with E-state index < -0.39 is 6.09 Å². The molecule has 1 heterocycles. The molecule has 0 saturated carbocycles. The zero-order valence-corrected chi connectivity index (χ0v) is 8.22. The van der Waals surface area contributed by atoms with Crippen LogP contribution in [0.1, 0.15) is 5.01 Å². The third kappa shape index (κ3) is 3.39. The predicted molar refractivity (Wildman–Crippen MR) is 50.3 cm³/mol. The Hall–Kier alpha value is -1.14. The van der Waals surface area contributed by atoms with Gasteiger partial charge in [-0.25, -0.2) is 15.2 Å². The van der Waals surface area contributed by atoms with Gasteiger partial charge in [0.05, 0.1) is 13.3 Å². The first-order chi connectivity index (χ1) is 6.22. The van der Waals surface area contributed by atoms with Gasteiger partial charge in [0.2, 0.25) is 0 Å². The number of thiazole rings is 1. The number of carbonyl (C=O) groups excluding carboxylic acids is 1. The van der Waals surface area contributed by atoms with Crippen LogP contribution in [0.15, 0.2) is 10.5 Å². The molecule has 0 bridgehead atoms. The molecule has 1 amide bonds. The highest BCUT2D eigenvalue weighted by Crippen LogP contribution is 2.11. The topological polar surface area (TPSA) is 63.6 Å². The van der Waals surface area contributed by atoms with E-state index >= 15 is 0 Å². The van der Waals surface area contributed by atoms with Crippen molar-refractivity contribution in [1.29, 1.82) is 0 Å². The molecule has 0 fully saturated rings. The van der Waals surface area contributed by atoms with Crippen molar-refractivity contribution >= 4 is 35.2 Å². The first-order valence-corrected chi connectivity index (χ1v) is 4.46. The number of aromatic nitrogens is 1. The molecule has 0 aliphatic rings. The summed E-state index contributed by atoms with van der Waals surface area (Å²) in [5.41, 5.74) is 2.12. The number of hydrazone groups is 1. The predicted octanol–water partition coefficient (Wildman–Crippen LogP) is 1.49. The molecule has 13 heavy (non-hydrogen) atoms. The summed E-state index contributed by atoms with van der Waals surface area (Å²) in [5, 5.41) is 6.25. The van der Waals surface area contributed by atoms with E-state index in [9.17, 15) is 4.79 Å². The highest BCUT2D eigenvalue weighted by molar-refractivity contribution is 7.11. The van der Waals surface area contributed by atoms with Crippen LogP contribution in [0.25, 0.3) is 0 Å². The van der Waals surface area contributed by atoms with Crippen LogP contribution in [0.5, 0.6) is 0 Å². The Bertz CT molecular complexity index is 325. The van der Waals surface area contributed by atoms with Crippen molar-refractivity contribution in [1.82, 2.24) is 10.4 Å². The molecule has 70 valence electrons. The number of nitrogens with one attached hydrogen (secondary N) is 1. The van der Waals surface area contributed by atoms with Crippen molar-refractivity contribution in [3.8, 4) is 0 Å². The number of hydrogen-bond donors (Lipinski definition) is 1. The number of nitrogens with zero attached hydrogens (tertiary/aromatic N) is 2. The normalized spacial score (nSPS) is 10.3. The lowest BCUT2D eigenvalue weighted by Crippen LogP contribution is -2.16. The minimum Gasteiger partial charge on any atom is -0.452 e. The van der Waals surface area contributed by atoms with Crippen LogP contribution in [-0.2, 0) is 4.74 Å². The van der Waals surface area contributed by atoms with E-state index in [-0.39, 0.29) is 0 Å². The van der Waals surface area contributed by atoms with Gasteiger partial charge in [-0.15, -0.1) is 11.3 Å². The number of rotatable bonds is 2. The molecule has 0 atom stereocenters. The molecule has 0 spiro atoms.